The van der Waals surface area contributed by atoms with Crippen molar-refractivity contribution in [1.29, 1.82) is 0 Å². The quantitative estimate of drug-likeness (QED) is 0.156. The summed E-state index contributed by atoms with van der Waals surface area (Å²) in [6.07, 6.45) is -2.69. The molecule has 0 amide bonds. The Balaban J connectivity index is 1.41. The van der Waals surface area contributed by atoms with Crippen LogP contribution in [0.2, 0.25) is 0 Å². The van der Waals surface area contributed by atoms with Gasteiger partial charge in [0.15, 0.2) is 17.4 Å². The number of nitrogens with two attached hydrogens (primary N) is 1. The lowest BCUT2D eigenvalue weighted by molar-refractivity contribution is -0.138. The first-order chi connectivity index (χ1) is 19.9. The van der Waals surface area contributed by atoms with Crippen molar-refractivity contribution in [1.82, 2.24) is 24.6 Å². The topological polar surface area (TPSA) is 213 Å². The van der Waals surface area contributed by atoms with Gasteiger partial charge in [0.25, 0.3) is 0 Å². The molecule has 3 unspecified atom stereocenters. The van der Waals surface area contributed by atoms with E-state index in [-0.39, 0.29) is 28.7 Å². The largest absolute Gasteiger partial charge is 0.480 e. The van der Waals surface area contributed by atoms with Crippen LogP contribution in [-0.4, -0.2) is 77.9 Å². The molecule has 2 aromatic carbocycles. The molecular weight excluding hydrogens is 571 g/mol. The molecule has 16 heteroatoms. The second kappa shape index (κ2) is 11.4. The van der Waals surface area contributed by atoms with Gasteiger partial charge in [0.05, 0.1) is 19.5 Å². The SMILES string of the molecule is CCOc1nc(N)nc2c1ncn2C1O[C@H](COP(=O)(NC(C)C(=O)O)Oc2cccc3ccccc23)[C@@H](O)[C@@]1(C)O. The van der Waals surface area contributed by atoms with Crippen molar-refractivity contribution in [2.45, 2.75) is 50.8 Å². The fraction of sp³-hybridized carbons (Fsp3) is 0.385. The Morgan fingerprint density at radius 2 is 2.00 bits per heavy atom. The molecule has 5 rings (SSSR count). The van der Waals surface area contributed by atoms with Gasteiger partial charge in [-0.15, -0.1) is 0 Å². The highest BCUT2D eigenvalue weighted by Gasteiger charge is 2.54. The van der Waals surface area contributed by atoms with Gasteiger partial charge in [0.1, 0.15) is 29.6 Å². The minimum Gasteiger partial charge on any atom is -0.480 e. The van der Waals surface area contributed by atoms with Crippen LogP contribution < -0.4 is 20.1 Å². The first-order valence-corrected chi connectivity index (χ1v) is 14.6. The van der Waals surface area contributed by atoms with E-state index in [9.17, 15) is 24.7 Å². The van der Waals surface area contributed by atoms with E-state index in [2.05, 4.69) is 20.0 Å². The standard InChI is InChI=1S/C26H31N6O9P/c1-4-38-22-19-21(29-25(27)30-22)32(13-28-19)24-26(3,36)20(33)18(40-24)12-39-42(37,31-14(2)23(34)35)41-17-11-7-9-15-8-5-6-10-16(15)17/h5-11,13-14,18,20,24,33,36H,4,12H2,1-3H3,(H,31,37)(H,34,35)(H2,27,29,30)/t14?,18-,20-,24?,26-,42?/m1/s1. The predicted octanol–water partition coefficient (Wildman–Crippen LogP) is 2.24. The van der Waals surface area contributed by atoms with Crippen LogP contribution in [0.5, 0.6) is 11.6 Å². The number of nitrogens with one attached hydrogen (secondary N) is 1. The molecule has 1 aliphatic rings. The van der Waals surface area contributed by atoms with Crippen LogP contribution >= 0.6 is 7.75 Å². The first kappa shape index (κ1) is 29.6. The average Bonchev–Trinajstić information content (AvgIpc) is 3.45. The third kappa shape index (κ3) is 5.62. The number of aromatic nitrogens is 4. The average molecular weight is 603 g/mol. The van der Waals surface area contributed by atoms with Crippen molar-refractivity contribution >= 4 is 41.6 Å². The van der Waals surface area contributed by atoms with Gasteiger partial charge in [-0.05, 0) is 32.2 Å². The lowest BCUT2D eigenvalue weighted by Crippen LogP contribution is -2.44. The maximum absolute atomic E-state index is 13.9. The first-order valence-electron chi connectivity index (χ1n) is 13.0. The molecule has 0 spiro atoms. The van der Waals surface area contributed by atoms with Gasteiger partial charge in [0.2, 0.25) is 11.8 Å². The number of aliphatic carboxylic acids is 1. The zero-order valence-corrected chi connectivity index (χ0v) is 23.8. The van der Waals surface area contributed by atoms with Gasteiger partial charge >= 0.3 is 13.7 Å². The predicted molar refractivity (Wildman–Crippen MR) is 150 cm³/mol. The molecule has 2 aromatic heterocycles. The Bertz CT molecular complexity index is 1660. The molecule has 0 saturated carbocycles. The molecule has 3 heterocycles. The number of anilines is 1. The number of carboxylic acid groups (broad SMARTS) is 1. The molecule has 224 valence electrons. The van der Waals surface area contributed by atoms with Gasteiger partial charge < -0.3 is 35.1 Å². The van der Waals surface area contributed by atoms with E-state index in [0.29, 0.717) is 12.0 Å². The van der Waals surface area contributed by atoms with Crippen LogP contribution in [-0.2, 0) is 18.6 Å². The summed E-state index contributed by atoms with van der Waals surface area (Å²) >= 11 is 0. The van der Waals surface area contributed by atoms with Crippen molar-refractivity contribution < 1.29 is 43.2 Å². The molecule has 42 heavy (non-hydrogen) atoms. The van der Waals surface area contributed by atoms with Crippen molar-refractivity contribution in [3.05, 3.63) is 48.8 Å². The summed E-state index contributed by atoms with van der Waals surface area (Å²) in [4.78, 5) is 24.1. The Morgan fingerprint density at radius 1 is 1.26 bits per heavy atom. The van der Waals surface area contributed by atoms with Crippen LogP contribution in [0, 0.1) is 0 Å². The van der Waals surface area contributed by atoms with Crippen molar-refractivity contribution in [3.63, 3.8) is 0 Å². The van der Waals surface area contributed by atoms with Crippen molar-refractivity contribution in [2.24, 2.45) is 0 Å². The molecule has 4 aromatic rings. The Kier molecular flexibility index (Phi) is 8.07. The summed E-state index contributed by atoms with van der Waals surface area (Å²) in [7, 11) is -4.39. The summed E-state index contributed by atoms with van der Waals surface area (Å²) in [6.45, 7) is 4.13. The van der Waals surface area contributed by atoms with E-state index >= 15 is 0 Å². The highest BCUT2D eigenvalue weighted by atomic mass is 31.2. The van der Waals surface area contributed by atoms with Gasteiger partial charge in [-0.25, -0.2) is 9.55 Å². The lowest BCUT2D eigenvalue weighted by atomic mass is 9.96. The second-order valence-electron chi connectivity index (χ2n) is 9.89. The molecule has 1 aliphatic heterocycles. The van der Waals surface area contributed by atoms with Gasteiger partial charge in [-0.3, -0.25) is 13.9 Å². The van der Waals surface area contributed by atoms with E-state index in [1.165, 1.54) is 24.7 Å². The molecule has 15 nitrogen and oxygen atoms in total. The van der Waals surface area contributed by atoms with Gasteiger partial charge in [-0.1, -0.05) is 36.4 Å². The third-order valence-electron chi connectivity index (χ3n) is 6.79. The summed E-state index contributed by atoms with van der Waals surface area (Å²) in [5.74, 6) is -1.07. The second-order valence-corrected chi connectivity index (χ2v) is 11.6. The van der Waals surface area contributed by atoms with Crippen LogP contribution in [0.1, 0.15) is 27.0 Å². The van der Waals surface area contributed by atoms with E-state index in [0.717, 1.165) is 5.39 Å². The van der Waals surface area contributed by atoms with E-state index in [4.69, 9.17) is 24.3 Å². The number of carbonyl (C=O) groups is 1. The van der Waals surface area contributed by atoms with Crippen molar-refractivity contribution in [3.8, 4) is 11.6 Å². The van der Waals surface area contributed by atoms with E-state index in [1.807, 2.05) is 18.2 Å². The molecule has 0 radical (unpaired) electrons. The fourth-order valence-electron chi connectivity index (χ4n) is 4.65. The number of aliphatic hydroxyl groups is 2. The molecule has 1 saturated heterocycles. The minimum absolute atomic E-state index is 0.101. The molecule has 6 N–H and O–H groups in total. The summed E-state index contributed by atoms with van der Waals surface area (Å²) < 4.78 is 38.2. The minimum atomic E-state index is -4.39. The number of benzene rings is 2. The molecule has 0 aliphatic carbocycles. The van der Waals surface area contributed by atoms with Crippen LogP contribution in [0.3, 0.4) is 0 Å². The summed E-state index contributed by atoms with van der Waals surface area (Å²) in [5, 5.41) is 35.6. The highest BCUT2D eigenvalue weighted by molar-refractivity contribution is 7.52. The molecule has 1 fully saturated rings. The van der Waals surface area contributed by atoms with Gasteiger partial charge in [0, 0.05) is 5.39 Å². The van der Waals surface area contributed by atoms with Gasteiger partial charge in [-0.2, -0.15) is 15.1 Å². The lowest BCUT2D eigenvalue weighted by Gasteiger charge is -2.27. The molecule has 0 bridgehead atoms. The number of nitrogen functional groups attached to an aromatic ring is 1. The maximum atomic E-state index is 13.9. The van der Waals surface area contributed by atoms with E-state index < -0.39 is 50.4 Å². The molecular formula is C26H31N6O9P. The fourth-order valence-corrected chi connectivity index (χ4v) is 6.18. The number of aliphatic hydroxyl groups excluding tert-OH is 1. The number of carboxylic acids is 1. The number of ether oxygens (including phenoxy) is 2. The zero-order chi connectivity index (χ0) is 30.2. The summed E-state index contributed by atoms with van der Waals surface area (Å²) in [6, 6.07) is 11.0. The number of hydrogen-bond acceptors (Lipinski definition) is 12. The van der Waals surface area contributed by atoms with Crippen LogP contribution in [0.4, 0.5) is 5.95 Å². The number of rotatable bonds is 11. The van der Waals surface area contributed by atoms with Crippen LogP contribution in [0.15, 0.2) is 48.8 Å². The normalized spacial score (nSPS) is 24.5. The third-order valence-corrected chi connectivity index (χ3v) is 8.42. The Hall–Kier alpha value is -3.85. The number of nitrogens with zero attached hydrogens (tertiary/aromatic N) is 4. The summed E-state index contributed by atoms with van der Waals surface area (Å²) in [5.41, 5.74) is 4.39. The molecule has 6 atom stereocenters. The van der Waals surface area contributed by atoms with Crippen molar-refractivity contribution in [2.75, 3.05) is 18.9 Å². The van der Waals surface area contributed by atoms with E-state index in [1.54, 1.807) is 31.2 Å². The number of imidazole rings is 1. The van der Waals surface area contributed by atoms with Crippen LogP contribution in [0.25, 0.3) is 21.9 Å². The number of hydrogen-bond donors (Lipinski definition) is 5. The highest BCUT2D eigenvalue weighted by Crippen LogP contribution is 2.48. The Labute approximate surface area is 239 Å². The maximum Gasteiger partial charge on any atom is 0.459 e. The zero-order valence-electron chi connectivity index (χ0n) is 22.9. The number of fused-ring (bicyclic) bond motifs is 2. The smallest absolute Gasteiger partial charge is 0.459 e. The monoisotopic (exact) mass is 602 g/mol. The Morgan fingerprint density at radius 3 is 2.74 bits per heavy atom.